The molecule has 2 rings (SSSR count). The van der Waals surface area contributed by atoms with Crippen LogP contribution in [0.3, 0.4) is 0 Å². The van der Waals surface area contributed by atoms with Crippen LogP contribution in [0.25, 0.3) is 5.69 Å². The molecule has 21 heavy (non-hydrogen) atoms. The summed E-state index contributed by atoms with van der Waals surface area (Å²) in [5, 5.41) is 9.65. The lowest BCUT2D eigenvalue weighted by Gasteiger charge is -2.11. The fourth-order valence-electron chi connectivity index (χ4n) is 2.86. The third-order valence-corrected chi connectivity index (χ3v) is 3.79. The predicted octanol–water partition coefficient (Wildman–Crippen LogP) is 3.51. The van der Waals surface area contributed by atoms with Crippen LogP contribution in [0.1, 0.15) is 51.5 Å². The molecular weight excluding hydrogens is 266 g/mol. The number of phenolic OH excluding ortho intramolecular Hbond substituents is 1. The van der Waals surface area contributed by atoms with Crippen LogP contribution in [0.15, 0.2) is 18.2 Å². The zero-order valence-electron chi connectivity index (χ0n) is 12.9. The van der Waals surface area contributed by atoms with E-state index in [0.29, 0.717) is 11.1 Å². The molecule has 0 aliphatic heterocycles. The van der Waals surface area contributed by atoms with Gasteiger partial charge in [-0.25, -0.2) is 0 Å². The average Bonchev–Trinajstić information content (AvgIpc) is 2.65. The van der Waals surface area contributed by atoms with Crippen LogP contribution < -0.4 is 0 Å². The summed E-state index contributed by atoms with van der Waals surface area (Å²) >= 11 is 0. The van der Waals surface area contributed by atoms with E-state index in [9.17, 15) is 14.7 Å². The monoisotopic (exact) mass is 285 g/mol. The van der Waals surface area contributed by atoms with Gasteiger partial charge in [-0.05, 0) is 58.4 Å². The first-order valence-corrected chi connectivity index (χ1v) is 6.79. The highest BCUT2D eigenvalue weighted by atomic mass is 16.3. The number of carbonyl (C=O) groups is 2. The lowest BCUT2D eigenvalue weighted by molar-refractivity contribution is 0.0981. The molecule has 0 fully saturated rings. The maximum Gasteiger partial charge on any atom is 0.162 e. The fraction of sp³-hybridized carbons (Fsp3) is 0.294. The molecule has 0 spiro atoms. The Labute approximate surface area is 124 Å². The molecule has 0 saturated heterocycles. The highest BCUT2D eigenvalue weighted by Crippen LogP contribution is 2.29. The van der Waals surface area contributed by atoms with Gasteiger partial charge in [0.15, 0.2) is 11.6 Å². The largest absolute Gasteiger partial charge is 0.508 e. The highest BCUT2D eigenvalue weighted by Gasteiger charge is 2.24. The third kappa shape index (κ3) is 2.37. The Morgan fingerprint density at radius 1 is 0.952 bits per heavy atom. The average molecular weight is 285 g/mol. The van der Waals surface area contributed by atoms with Crippen molar-refractivity contribution in [1.82, 2.24) is 4.57 Å². The number of nitrogens with zero attached hydrogens (tertiary/aromatic N) is 1. The smallest absolute Gasteiger partial charge is 0.162 e. The van der Waals surface area contributed by atoms with Crippen LogP contribution in [0.5, 0.6) is 5.75 Å². The minimum Gasteiger partial charge on any atom is -0.508 e. The quantitative estimate of drug-likeness (QED) is 0.878. The number of benzene rings is 1. The predicted molar refractivity (Wildman–Crippen MR) is 81.7 cm³/mol. The van der Waals surface area contributed by atoms with Gasteiger partial charge < -0.3 is 9.67 Å². The second-order valence-corrected chi connectivity index (χ2v) is 5.34. The first-order chi connectivity index (χ1) is 9.75. The topological polar surface area (TPSA) is 59.3 Å². The van der Waals surface area contributed by atoms with Crippen LogP contribution in [-0.4, -0.2) is 21.2 Å². The van der Waals surface area contributed by atoms with E-state index in [1.807, 2.05) is 31.4 Å². The van der Waals surface area contributed by atoms with Crippen LogP contribution in [-0.2, 0) is 0 Å². The van der Waals surface area contributed by atoms with Crippen molar-refractivity contribution >= 4 is 11.6 Å². The number of hydrogen-bond acceptors (Lipinski definition) is 3. The lowest BCUT2D eigenvalue weighted by Crippen LogP contribution is -2.02. The molecule has 0 saturated carbocycles. The van der Waals surface area contributed by atoms with E-state index < -0.39 is 0 Å². The number of aryl methyl sites for hydroxylation is 1. The molecule has 0 unspecified atom stereocenters. The molecule has 0 aliphatic rings. The van der Waals surface area contributed by atoms with E-state index in [1.165, 1.54) is 13.8 Å². The zero-order valence-corrected chi connectivity index (χ0v) is 12.9. The first kappa shape index (κ1) is 15.0. The summed E-state index contributed by atoms with van der Waals surface area (Å²) in [6.45, 7) is 8.42. The van der Waals surface area contributed by atoms with Crippen LogP contribution >= 0.6 is 0 Å². The molecule has 1 aromatic heterocycles. The Kier molecular flexibility index (Phi) is 3.73. The summed E-state index contributed by atoms with van der Waals surface area (Å²) in [4.78, 5) is 23.8. The Bertz CT molecular complexity index is 716. The van der Waals surface area contributed by atoms with Gasteiger partial charge in [0.2, 0.25) is 0 Å². The summed E-state index contributed by atoms with van der Waals surface area (Å²) in [7, 11) is 0. The molecular formula is C17H19NO3. The zero-order chi connectivity index (χ0) is 15.9. The van der Waals surface area contributed by atoms with Crippen molar-refractivity contribution in [3.05, 3.63) is 46.3 Å². The van der Waals surface area contributed by atoms with Crippen molar-refractivity contribution in [2.45, 2.75) is 34.6 Å². The van der Waals surface area contributed by atoms with E-state index in [1.54, 1.807) is 12.1 Å². The molecule has 1 heterocycles. The number of aromatic hydroxyl groups is 1. The van der Waals surface area contributed by atoms with Gasteiger partial charge in [-0.15, -0.1) is 0 Å². The van der Waals surface area contributed by atoms with Gasteiger partial charge in [0.25, 0.3) is 0 Å². The molecule has 0 aliphatic carbocycles. The molecule has 2 aromatic rings. The fourth-order valence-corrected chi connectivity index (χ4v) is 2.86. The molecule has 1 aromatic carbocycles. The lowest BCUT2D eigenvalue weighted by atomic mass is 10.0. The normalized spacial score (nSPS) is 10.7. The maximum absolute atomic E-state index is 11.9. The van der Waals surface area contributed by atoms with E-state index in [-0.39, 0.29) is 17.3 Å². The van der Waals surface area contributed by atoms with Crippen molar-refractivity contribution in [2.75, 3.05) is 0 Å². The molecule has 1 N–H and O–H groups in total. The van der Waals surface area contributed by atoms with Crippen molar-refractivity contribution < 1.29 is 14.7 Å². The third-order valence-electron chi connectivity index (χ3n) is 3.79. The van der Waals surface area contributed by atoms with Crippen molar-refractivity contribution in [3.63, 3.8) is 0 Å². The summed E-state index contributed by atoms with van der Waals surface area (Å²) in [6, 6.07) is 5.23. The summed E-state index contributed by atoms with van der Waals surface area (Å²) < 4.78 is 1.89. The van der Waals surface area contributed by atoms with Crippen LogP contribution in [0.4, 0.5) is 0 Å². The second-order valence-electron chi connectivity index (χ2n) is 5.34. The molecule has 0 amide bonds. The number of Topliss-reactive ketones (excluding diaryl/α,β-unsaturated/α-hetero) is 2. The Hall–Kier alpha value is -2.36. The number of ketones is 2. The van der Waals surface area contributed by atoms with E-state index in [4.69, 9.17) is 0 Å². The van der Waals surface area contributed by atoms with E-state index in [0.717, 1.165) is 22.6 Å². The minimum atomic E-state index is -0.116. The van der Waals surface area contributed by atoms with Crippen LogP contribution in [0, 0.1) is 20.8 Å². The number of hydrogen-bond donors (Lipinski definition) is 1. The Morgan fingerprint density at radius 2 is 1.43 bits per heavy atom. The Morgan fingerprint density at radius 3 is 1.81 bits per heavy atom. The van der Waals surface area contributed by atoms with Gasteiger partial charge in [0.1, 0.15) is 5.75 Å². The molecule has 4 nitrogen and oxygen atoms in total. The summed E-state index contributed by atoms with van der Waals surface area (Å²) in [6.07, 6.45) is 0. The van der Waals surface area contributed by atoms with Crippen LogP contribution in [0.2, 0.25) is 0 Å². The minimum absolute atomic E-state index is 0.116. The molecule has 110 valence electrons. The molecule has 0 bridgehead atoms. The molecule has 0 radical (unpaired) electrons. The van der Waals surface area contributed by atoms with Gasteiger partial charge in [0.05, 0.1) is 0 Å². The van der Waals surface area contributed by atoms with E-state index in [2.05, 4.69) is 0 Å². The maximum atomic E-state index is 11.9. The van der Waals surface area contributed by atoms with Gasteiger partial charge >= 0.3 is 0 Å². The van der Waals surface area contributed by atoms with Gasteiger partial charge in [-0.3, -0.25) is 9.59 Å². The van der Waals surface area contributed by atoms with Crippen molar-refractivity contribution in [2.24, 2.45) is 0 Å². The number of carbonyl (C=O) groups excluding carboxylic acids is 2. The van der Waals surface area contributed by atoms with Gasteiger partial charge in [0, 0.05) is 28.2 Å². The van der Waals surface area contributed by atoms with Crippen molar-refractivity contribution in [3.8, 4) is 11.4 Å². The number of aromatic nitrogens is 1. The highest BCUT2D eigenvalue weighted by molar-refractivity contribution is 6.09. The molecule has 0 atom stereocenters. The summed E-state index contributed by atoms with van der Waals surface area (Å²) in [5.41, 5.74) is 4.02. The van der Waals surface area contributed by atoms with E-state index >= 15 is 0 Å². The van der Waals surface area contributed by atoms with Gasteiger partial charge in [-0.1, -0.05) is 0 Å². The molecule has 4 heteroatoms. The second kappa shape index (κ2) is 5.20. The number of rotatable bonds is 3. The standard InChI is InChI=1S/C17H19NO3/c1-9-8-14(6-7-15(9)21)18-10(2)16(12(4)19)17(11(18)3)13(5)20/h6-8,21H,1-5H3. The number of phenols is 1. The summed E-state index contributed by atoms with van der Waals surface area (Å²) in [5.74, 6) is -0.00936. The van der Waals surface area contributed by atoms with Crippen molar-refractivity contribution in [1.29, 1.82) is 0 Å². The van der Waals surface area contributed by atoms with Gasteiger partial charge in [-0.2, -0.15) is 0 Å². The Balaban J connectivity index is 2.81. The SMILES string of the molecule is CC(=O)c1c(C(C)=O)c(C)n(-c2ccc(O)c(C)c2)c1C. The first-order valence-electron chi connectivity index (χ1n) is 6.79.